The number of carbonyl (C=O) groups is 1. The normalized spacial score (nSPS) is 11.0. The van der Waals surface area contributed by atoms with E-state index in [1.807, 2.05) is 0 Å². The third kappa shape index (κ3) is 5.73. The topological polar surface area (TPSA) is 69.2 Å². The highest BCUT2D eigenvalue weighted by molar-refractivity contribution is 7.99. The number of hydrogen-bond acceptors (Lipinski definition) is 6. The molecule has 0 saturated heterocycles. The van der Waals surface area contributed by atoms with E-state index in [0.717, 1.165) is 11.3 Å². The van der Waals surface area contributed by atoms with Crippen molar-refractivity contribution < 1.29 is 19.0 Å². The Morgan fingerprint density at radius 3 is 1.90 bits per heavy atom. The average Bonchev–Trinajstić information content (AvgIpc) is 2.77. The van der Waals surface area contributed by atoms with Gasteiger partial charge in [0.05, 0.1) is 33.3 Å². The summed E-state index contributed by atoms with van der Waals surface area (Å²) in [6.45, 7) is 10.8. The quantitative estimate of drug-likeness (QED) is 0.451. The minimum Gasteiger partial charge on any atom is -0.493 e. The zero-order chi connectivity index (χ0) is 23.1. The first-order valence-electron chi connectivity index (χ1n) is 10.0. The van der Waals surface area contributed by atoms with Crippen molar-refractivity contribution in [2.24, 2.45) is 5.10 Å². The van der Waals surface area contributed by atoms with Crippen LogP contribution in [0, 0.1) is 34.6 Å². The fourth-order valence-electron chi connectivity index (χ4n) is 3.43. The van der Waals surface area contributed by atoms with Crippen molar-refractivity contribution in [3.8, 4) is 17.2 Å². The van der Waals surface area contributed by atoms with Crippen LogP contribution in [0.3, 0.4) is 0 Å². The first-order chi connectivity index (χ1) is 14.7. The van der Waals surface area contributed by atoms with E-state index in [1.54, 1.807) is 51.4 Å². The summed E-state index contributed by atoms with van der Waals surface area (Å²) < 4.78 is 16.0. The van der Waals surface area contributed by atoms with Gasteiger partial charge in [0.2, 0.25) is 11.7 Å². The summed E-state index contributed by atoms with van der Waals surface area (Å²) in [5.41, 5.74) is 11.3. The molecule has 6 nitrogen and oxygen atoms in total. The van der Waals surface area contributed by atoms with E-state index in [-0.39, 0.29) is 5.91 Å². The summed E-state index contributed by atoms with van der Waals surface area (Å²) in [6, 6.07) is 3.53. The number of carbonyl (C=O) groups excluding carboxylic acids is 1. The molecule has 0 heterocycles. The molecule has 0 aliphatic heterocycles. The van der Waals surface area contributed by atoms with Crippen LogP contribution in [-0.2, 0) is 10.5 Å². The summed E-state index contributed by atoms with van der Waals surface area (Å²) in [7, 11) is 4.66. The van der Waals surface area contributed by atoms with E-state index in [0.29, 0.717) is 23.0 Å². The van der Waals surface area contributed by atoms with Gasteiger partial charge in [0.25, 0.3) is 0 Å². The Hall–Kier alpha value is -2.67. The second-order valence-corrected chi connectivity index (χ2v) is 8.33. The maximum Gasteiger partial charge on any atom is 0.250 e. The molecule has 2 aromatic rings. The lowest BCUT2D eigenvalue weighted by Gasteiger charge is -2.18. The van der Waals surface area contributed by atoms with Crippen LogP contribution < -0.4 is 19.6 Å². The minimum absolute atomic E-state index is 0.149. The number of nitrogens with zero attached hydrogens (tertiary/aromatic N) is 1. The molecular weight excluding hydrogens is 412 g/mol. The SMILES string of the molecule is COc1cc(/C=N\NC(=O)CSCc2c(C)c(C)c(C)c(C)c2C)cc(OC)c1OC. The zero-order valence-electron chi connectivity index (χ0n) is 19.6. The maximum absolute atomic E-state index is 12.2. The molecule has 0 unspecified atom stereocenters. The molecule has 1 amide bonds. The van der Waals surface area contributed by atoms with Crippen LogP contribution in [0.15, 0.2) is 17.2 Å². The standard InChI is InChI=1S/C24H32N2O4S/c1-14-15(2)17(4)20(18(5)16(14)3)12-31-13-23(27)26-25-11-19-9-21(28-6)24(30-8)22(10-19)29-7/h9-11H,12-13H2,1-8H3,(H,26,27)/b25-11-. The summed E-state index contributed by atoms with van der Waals surface area (Å²) >= 11 is 1.59. The Bertz CT molecular complexity index is 932. The summed E-state index contributed by atoms with van der Waals surface area (Å²) in [6.07, 6.45) is 1.55. The van der Waals surface area contributed by atoms with E-state index < -0.39 is 0 Å². The van der Waals surface area contributed by atoms with Gasteiger partial charge in [-0.2, -0.15) is 5.10 Å². The van der Waals surface area contributed by atoms with Crippen LogP contribution in [-0.4, -0.2) is 39.2 Å². The number of thioether (sulfide) groups is 1. The van der Waals surface area contributed by atoms with Crippen molar-refractivity contribution in [3.63, 3.8) is 0 Å². The predicted octanol–water partition coefficient (Wildman–Crippen LogP) is 4.64. The number of hydrazone groups is 1. The minimum atomic E-state index is -0.149. The lowest BCUT2D eigenvalue weighted by molar-refractivity contribution is -0.118. The molecule has 0 spiro atoms. The molecule has 0 aliphatic rings. The van der Waals surface area contributed by atoms with Crippen molar-refractivity contribution >= 4 is 23.9 Å². The lowest BCUT2D eigenvalue weighted by Crippen LogP contribution is -2.19. The molecule has 2 aromatic carbocycles. The highest BCUT2D eigenvalue weighted by Gasteiger charge is 2.14. The van der Waals surface area contributed by atoms with Crippen molar-refractivity contribution in [1.29, 1.82) is 0 Å². The van der Waals surface area contributed by atoms with Crippen molar-refractivity contribution in [2.45, 2.75) is 40.4 Å². The molecule has 168 valence electrons. The fourth-order valence-corrected chi connectivity index (χ4v) is 4.42. The Morgan fingerprint density at radius 2 is 1.42 bits per heavy atom. The summed E-state index contributed by atoms with van der Waals surface area (Å²) in [5.74, 6) is 2.54. The van der Waals surface area contributed by atoms with Gasteiger partial charge in [-0.3, -0.25) is 4.79 Å². The van der Waals surface area contributed by atoms with Gasteiger partial charge in [-0.1, -0.05) is 0 Å². The van der Waals surface area contributed by atoms with Crippen molar-refractivity contribution in [2.75, 3.05) is 27.1 Å². The third-order valence-electron chi connectivity index (χ3n) is 5.72. The maximum atomic E-state index is 12.2. The molecule has 0 radical (unpaired) electrons. The first-order valence-corrected chi connectivity index (χ1v) is 11.2. The molecule has 0 aliphatic carbocycles. The van der Waals surface area contributed by atoms with Crippen LogP contribution in [0.5, 0.6) is 17.2 Å². The summed E-state index contributed by atoms with van der Waals surface area (Å²) in [5, 5.41) is 4.06. The molecule has 0 fully saturated rings. The monoisotopic (exact) mass is 444 g/mol. The van der Waals surface area contributed by atoms with Crippen LogP contribution in [0.1, 0.15) is 38.9 Å². The Morgan fingerprint density at radius 1 is 0.903 bits per heavy atom. The number of nitrogens with one attached hydrogen (secondary N) is 1. The molecule has 0 saturated carbocycles. The van der Waals surface area contributed by atoms with Gasteiger partial charge in [0, 0.05) is 11.3 Å². The van der Waals surface area contributed by atoms with Gasteiger partial charge < -0.3 is 14.2 Å². The predicted molar refractivity (Wildman–Crippen MR) is 128 cm³/mol. The Kier molecular flexibility index (Phi) is 8.80. The van der Waals surface area contributed by atoms with Gasteiger partial charge in [0.15, 0.2) is 11.5 Å². The van der Waals surface area contributed by atoms with Crippen LogP contribution in [0.2, 0.25) is 0 Å². The van der Waals surface area contributed by atoms with E-state index in [4.69, 9.17) is 14.2 Å². The average molecular weight is 445 g/mol. The molecule has 2 rings (SSSR count). The number of methoxy groups -OCH3 is 3. The first kappa shape index (κ1) is 24.6. The van der Waals surface area contributed by atoms with Crippen molar-refractivity contribution in [3.05, 3.63) is 51.1 Å². The summed E-state index contributed by atoms with van der Waals surface area (Å²) in [4.78, 5) is 12.2. The smallest absolute Gasteiger partial charge is 0.250 e. The molecule has 31 heavy (non-hydrogen) atoms. The number of hydrogen-bond donors (Lipinski definition) is 1. The Labute approximate surface area is 189 Å². The van der Waals surface area contributed by atoms with Gasteiger partial charge >= 0.3 is 0 Å². The van der Waals surface area contributed by atoms with Crippen LogP contribution in [0.25, 0.3) is 0 Å². The number of benzene rings is 2. The molecule has 0 aromatic heterocycles. The van der Waals surface area contributed by atoms with E-state index in [2.05, 4.69) is 45.1 Å². The second-order valence-electron chi connectivity index (χ2n) is 7.35. The van der Waals surface area contributed by atoms with Gasteiger partial charge in [-0.05, 0) is 80.1 Å². The number of amides is 1. The largest absolute Gasteiger partial charge is 0.493 e. The molecule has 1 N–H and O–H groups in total. The van der Waals surface area contributed by atoms with E-state index in [1.165, 1.54) is 33.4 Å². The van der Waals surface area contributed by atoms with Gasteiger partial charge in [0.1, 0.15) is 0 Å². The number of ether oxygens (including phenoxy) is 3. The van der Waals surface area contributed by atoms with Gasteiger partial charge in [-0.15, -0.1) is 11.8 Å². The third-order valence-corrected chi connectivity index (χ3v) is 6.68. The van der Waals surface area contributed by atoms with Crippen molar-refractivity contribution in [1.82, 2.24) is 5.43 Å². The highest BCUT2D eigenvalue weighted by Crippen LogP contribution is 2.37. The van der Waals surface area contributed by atoms with E-state index in [9.17, 15) is 4.79 Å². The highest BCUT2D eigenvalue weighted by atomic mass is 32.2. The molecule has 7 heteroatoms. The van der Waals surface area contributed by atoms with Crippen LogP contribution in [0.4, 0.5) is 0 Å². The lowest BCUT2D eigenvalue weighted by atomic mass is 9.90. The van der Waals surface area contributed by atoms with E-state index >= 15 is 0 Å². The van der Waals surface area contributed by atoms with Crippen LogP contribution >= 0.6 is 11.8 Å². The second kappa shape index (κ2) is 11.1. The zero-order valence-corrected chi connectivity index (χ0v) is 20.5. The Balaban J connectivity index is 1.97. The number of rotatable bonds is 9. The molecular formula is C24H32N2O4S. The van der Waals surface area contributed by atoms with Gasteiger partial charge in [-0.25, -0.2) is 5.43 Å². The molecule has 0 bridgehead atoms. The molecule has 0 atom stereocenters. The fraction of sp³-hybridized carbons (Fsp3) is 0.417.